The molecule has 0 bridgehead atoms. The number of hydrogen-bond acceptors (Lipinski definition) is 3. The Labute approximate surface area is 130 Å². The SMILES string of the molecule is CCn1cc(N2CCC3(CCNCC3)C2=O)ccc1=O.Cl. The first-order valence-corrected chi connectivity index (χ1v) is 7.39. The predicted octanol–water partition coefficient (Wildman–Crippen LogP) is 1.40. The third-order valence-corrected chi connectivity index (χ3v) is 4.69. The summed E-state index contributed by atoms with van der Waals surface area (Å²) >= 11 is 0. The van der Waals surface area contributed by atoms with Crippen molar-refractivity contribution in [3.05, 3.63) is 28.7 Å². The number of aryl methyl sites for hydroxylation is 1. The second-order valence-electron chi connectivity index (χ2n) is 5.75. The summed E-state index contributed by atoms with van der Waals surface area (Å²) in [6.07, 6.45) is 4.59. The van der Waals surface area contributed by atoms with Gasteiger partial charge in [0, 0.05) is 25.4 Å². The normalized spacial score (nSPS) is 20.6. The van der Waals surface area contributed by atoms with Gasteiger partial charge in [-0.3, -0.25) is 9.59 Å². The van der Waals surface area contributed by atoms with Gasteiger partial charge in [0.2, 0.25) is 5.91 Å². The Balaban J connectivity index is 0.00000161. The molecule has 116 valence electrons. The first-order valence-electron chi connectivity index (χ1n) is 7.39. The topological polar surface area (TPSA) is 54.3 Å². The van der Waals surface area contributed by atoms with E-state index >= 15 is 0 Å². The lowest BCUT2D eigenvalue weighted by atomic mass is 9.78. The van der Waals surface area contributed by atoms with Gasteiger partial charge in [0.1, 0.15) is 0 Å². The van der Waals surface area contributed by atoms with Gasteiger partial charge in [-0.25, -0.2) is 0 Å². The van der Waals surface area contributed by atoms with Gasteiger partial charge in [-0.05, 0) is 45.3 Å². The van der Waals surface area contributed by atoms with E-state index in [9.17, 15) is 9.59 Å². The van der Waals surface area contributed by atoms with Crippen molar-refractivity contribution < 1.29 is 4.79 Å². The maximum atomic E-state index is 12.8. The fourth-order valence-corrected chi connectivity index (χ4v) is 3.36. The molecule has 2 saturated heterocycles. The third-order valence-electron chi connectivity index (χ3n) is 4.69. The van der Waals surface area contributed by atoms with Crippen LogP contribution in [0.4, 0.5) is 5.69 Å². The smallest absolute Gasteiger partial charge is 0.250 e. The van der Waals surface area contributed by atoms with E-state index in [1.54, 1.807) is 22.9 Å². The van der Waals surface area contributed by atoms with Crippen LogP contribution in [-0.4, -0.2) is 30.1 Å². The molecule has 1 amide bonds. The zero-order valence-electron chi connectivity index (χ0n) is 12.3. The number of hydrogen-bond donors (Lipinski definition) is 1. The van der Waals surface area contributed by atoms with Crippen molar-refractivity contribution in [3.63, 3.8) is 0 Å². The Morgan fingerprint density at radius 1 is 1.19 bits per heavy atom. The van der Waals surface area contributed by atoms with Crippen LogP contribution in [0.25, 0.3) is 0 Å². The molecule has 1 spiro atoms. The Kier molecular flexibility index (Phi) is 4.74. The van der Waals surface area contributed by atoms with Crippen molar-refractivity contribution in [1.82, 2.24) is 9.88 Å². The Bertz CT molecular complexity index is 579. The highest BCUT2D eigenvalue weighted by Gasteiger charge is 2.47. The maximum absolute atomic E-state index is 12.8. The number of nitrogens with zero attached hydrogens (tertiary/aromatic N) is 2. The highest BCUT2D eigenvalue weighted by Crippen LogP contribution is 2.41. The summed E-state index contributed by atoms with van der Waals surface area (Å²) < 4.78 is 1.65. The van der Waals surface area contributed by atoms with Crippen molar-refractivity contribution in [3.8, 4) is 0 Å². The molecule has 3 rings (SSSR count). The average Bonchev–Trinajstić information content (AvgIpc) is 2.78. The van der Waals surface area contributed by atoms with E-state index in [4.69, 9.17) is 0 Å². The van der Waals surface area contributed by atoms with Crippen LogP contribution < -0.4 is 15.8 Å². The van der Waals surface area contributed by atoms with E-state index in [0.717, 1.165) is 44.6 Å². The summed E-state index contributed by atoms with van der Waals surface area (Å²) in [5.41, 5.74) is 0.671. The molecule has 0 aromatic carbocycles. The monoisotopic (exact) mass is 311 g/mol. The van der Waals surface area contributed by atoms with Crippen LogP contribution in [-0.2, 0) is 11.3 Å². The number of halogens is 1. The summed E-state index contributed by atoms with van der Waals surface area (Å²) in [6, 6.07) is 3.33. The van der Waals surface area contributed by atoms with Crippen LogP contribution in [0, 0.1) is 5.41 Å². The quantitative estimate of drug-likeness (QED) is 0.898. The van der Waals surface area contributed by atoms with Gasteiger partial charge in [-0.15, -0.1) is 12.4 Å². The number of pyridine rings is 1. The van der Waals surface area contributed by atoms with Crippen LogP contribution in [0.2, 0.25) is 0 Å². The van der Waals surface area contributed by atoms with Crippen molar-refractivity contribution in [2.75, 3.05) is 24.5 Å². The molecule has 5 nitrogen and oxygen atoms in total. The Morgan fingerprint density at radius 3 is 2.57 bits per heavy atom. The highest BCUT2D eigenvalue weighted by molar-refractivity contribution is 5.99. The van der Waals surface area contributed by atoms with Crippen molar-refractivity contribution in [2.24, 2.45) is 5.41 Å². The summed E-state index contributed by atoms with van der Waals surface area (Å²) in [5, 5.41) is 3.32. The third kappa shape index (κ3) is 2.72. The summed E-state index contributed by atoms with van der Waals surface area (Å²) in [4.78, 5) is 26.3. The summed E-state index contributed by atoms with van der Waals surface area (Å²) in [6.45, 7) is 5.18. The van der Waals surface area contributed by atoms with Gasteiger partial charge in [0.25, 0.3) is 5.56 Å². The molecule has 2 fully saturated rings. The van der Waals surface area contributed by atoms with E-state index in [1.807, 2.05) is 11.8 Å². The number of carbonyl (C=O) groups is 1. The van der Waals surface area contributed by atoms with E-state index in [1.165, 1.54) is 0 Å². The minimum absolute atomic E-state index is 0. The second-order valence-corrected chi connectivity index (χ2v) is 5.75. The van der Waals surface area contributed by atoms with Crippen LogP contribution in [0.15, 0.2) is 23.1 Å². The number of rotatable bonds is 2. The van der Waals surface area contributed by atoms with E-state index < -0.39 is 0 Å². The summed E-state index contributed by atoms with van der Waals surface area (Å²) in [7, 11) is 0. The number of carbonyl (C=O) groups excluding carboxylic acids is 1. The molecule has 0 atom stereocenters. The molecule has 1 N–H and O–H groups in total. The number of amides is 1. The molecule has 0 unspecified atom stereocenters. The average molecular weight is 312 g/mol. The lowest BCUT2D eigenvalue weighted by Crippen LogP contribution is -2.42. The lowest BCUT2D eigenvalue weighted by Gasteiger charge is -2.32. The van der Waals surface area contributed by atoms with Gasteiger partial charge < -0.3 is 14.8 Å². The number of aromatic nitrogens is 1. The summed E-state index contributed by atoms with van der Waals surface area (Å²) in [5.74, 6) is 0.236. The molecule has 2 aliphatic rings. The molecule has 1 aromatic heterocycles. The van der Waals surface area contributed by atoms with Crippen LogP contribution in [0.5, 0.6) is 0 Å². The minimum Gasteiger partial charge on any atom is -0.317 e. The van der Waals surface area contributed by atoms with Crippen LogP contribution in [0.1, 0.15) is 26.2 Å². The number of anilines is 1. The van der Waals surface area contributed by atoms with Gasteiger partial charge in [-0.2, -0.15) is 0 Å². The van der Waals surface area contributed by atoms with E-state index in [-0.39, 0.29) is 29.3 Å². The molecule has 3 heterocycles. The molecule has 6 heteroatoms. The van der Waals surface area contributed by atoms with E-state index in [2.05, 4.69) is 5.32 Å². The van der Waals surface area contributed by atoms with Crippen molar-refractivity contribution in [1.29, 1.82) is 0 Å². The Hall–Kier alpha value is -1.33. The van der Waals surface area contributed by atoms with Crippen LogP contribution >= 0.6 is 12.4 Å². The van der Waals surface area contributed by atoms with Crippen molar-refractivity contribution >= 4 is 24.0 Å². The van der Waals surface area contributed by atoms with Gasteiger partial charge >= 0.3 is 0 Å². The molecule has 0 radical (unpaired) electrons. The van der Waals surface area contributed by atoms with Gasteiger partial charge in [-0.1, -0.05) is 0 Å². The second kappa shape index (κ2) is 6.20. The number of nitrogens with one attached hydrogen (secondary N) is 1. The lowest BCUT2D eigenvalue weighted by molar-refractivity contribution is -0.126. The highest BCUT2D eigenvalue weighted by atomic mass is 35.5. The fourth-order valence-electron chi connectivity index (χ4n) is 3.36. The largest absolute Gasteiger partial charge is 0.317 e. The molecule has 2 aliphatic heterocycles. The first-order chi connectivity index (χ1) is 9.66. The Morgan fingerprint density at radius 2 is 1.90 bits per heavy atom. The predicted molar refractivity (Wildman–Crippen MR) is 85.1 cm³/mol. The maximum Gasteiger partial charge on any atom is 0.250 e. The minimum atomic E-state index is -0.168. The first kappa shape index (κ1) is 16.0. The van der Waals surface area contributed by atoms with Gasteiger partial charge in [0.05, 0.1) is 11.1 Å². The molecular weight excluding hydrogens is 290 g/mol. The molecule has 1 aromatic rings. The molecule has 0 saturated carbocycles. The zero-order valence-corrected chi connectivity index (χ0v) is 13.1. The standard InChI is InChI=1S/C15H21N3O2.ClH/c1-2-17-11-12(3-4-13(17)19)18-10-7-15(14(18)20)5-8-16-9-6-15;/h3-4,11,16H,2,5-10H2,1H3;1H. The molecular formula is C15H22ClN3O2. The fraction of sp³-hybridized carbons (Fsp3) is 0.600. The van der Waals surface area contributed by atoms with E-state index in [0.29, 0.717) is 6.54 Å². The molecule has 21 heavy (non-hydrogen) atoms. The van der Waals surface area contributed by atoms with Gasteiger partial charge in [0.15, 0.2) is 0 Å². The van der Waals surface area contributed by atoms with Crippen LogP contribution in [0.3, 0.4) is 0 Å². The van der Waals surface area contributed by atoms with Crippen molar-refractivity contribution in [2.45, 2.75) is 32.7 Å². The molecule has 0 aliphatic carbocycles. The zero-order chi connectivity index (χ0) is 14.2. The number of piperidine rings is 1.